The van der Waals surface area contributed by atoms with Gasteiger partial charge in [0.05, 0.1) is 18.3 Å². The zero-order valence-electron chi connectivity index (χ0n) is 30.1. The van der Waals surface area contributed by atoms with Gasteiger partial charge in [-0.05, 0) is 49.5 Å². The fourth-order valence-corrected chi connectivity index (χ4v) is 6.99. The van der Waals surface area contributed by atoms with Gasteiger partial charge in [0.2, 0.25) is 23.5 Å². The van der Waals surface area contributed by atoms with Gasteiger partial charge in [0.1, 0.15) is 30.0 Å². The number of hydrogen-bond donors (Lipinski definition) is 4. The minimum atomic E-state index is -1.23. The van der Waals surface area contributed by atoms with Gasteiger partial charge in [0, 0.05) is 24.9 Å². The summed E-state index contributed by atoms with van der Waals surface area (Å²) in [5.41, 5.74) is 0.830. The Kier molecular flexibility index (Phi) is 13.4. The van der Waals surface area contributed by atoms with E-state index in [1.807, 2.05) is 37.3 Å². The highest BCUT2D eigenvalue weighted by Crippen LogP contribution is 2.44. The number of carbonyl (C=O) groups is 6. The normalized spacial score (nSPS) is 22.0. The summed E-state index contributed by atoms with van der Waals surface area (Å²) in [7, 11) is 0. The van der Waals surface area contributed by atoms with E-state index in [-0.39, 0.29) is 31.0 Å². The maximum absolute atomic E-state index is 15.2. The molecule has 2 aliphatic rings. The maximum Gasteiger partial charge on any atom is 0.290 e. The van der Waals surface area contributed by atoms with E-state index < -0.39 is 89.5 Å². The molecule has 1 aromatic heterocycles. The van der Waals surface area contributed by atoms with Gasteiger partial charge in [-0.3, -0.25) is 33.8 Å². The summed E-state index contributed by atoms with van der Waals surface area (Å²) in [6.07, 6.45) is 4.08. The van der Waals surface area contributed by atoms with Crippen LogP contribution in [0.4, 0.5) is 4.39 Å². The summed E-state index contributed by atoms with van der Waals surface area (Å²) >= 11 is 0. The second-order valence-electron chi connectivity index (χ2n) is 14.2. The van der Waals surface area contributed by atoms with Crippen molar-refractivity contribution in [2.45, 2.75) is 104 Å². The fourth-order valence-electron chi connectivity index (χ4n) is 6.99. The van der Waals surface area contributed by atoms with Crippen LogP contribution in [0.25, 0.3) is 0 Å². The van der Waals surface area contributed by atoms with E-state index >= 15 is 4.39 Å². The smallest absolute Gasteiger partial charge is 0.290 e. The van der Waals surface area contributed by atoms with Gasteiger partial charge in [-0.25, -0.2) is 9.37 Å². The number of alkyl halides is 1. The maximum atomic E-state index is 15.2. The zero-order chi connectivity index (χ0) is 37.4. The van der Waals surface area contributed by atoms with Crippen LogP contribution >= 0.6 is 0 Å². The number of ketones is 1. The molecule has 0 unspecified atom stereocenters. The number of rotatable bonds is 15. The predicted octanol–water partition coefficient (Wildman–Crippen LogP) is 2.68. The first-order chi connectivity index (χ1) is 24.2. The molecule has 4 rings (SSSR count). The lowest BCUT2D eigenvalue weighted by atomic mass is 9.92. The third-order valence-electron chi connectivity index (χ3n) is 9.83. The standard InChI is InChI=1S/C37H50FN7O6/c1-7-11-27(32(46)36(50)41-22(6)23-12-9-8-10-13-23)42-35(49)31-24-14-15-26(38)25(24)19-45(31)37(51)30(21(4)5)44-34(48)29(20(2)3)43-33(47)28-18-39-16-17-40-28/h8-10,12-13,16-18,20-22,24-27,29-31H,7,11,14-15,19H2,1-6H3,(H,41,50)(H,42,49)(H,43,47)(H,44,48)/t22-,24-,25-,26-,27+,29-,30-,31-/m0/s1. The van der Waals surface area contributed by atoms with Gasteiger partial charge in [-0.2, -0.15) is 0 Å². The van der Waals surface area contributed by atoms with Gasteiger partial charge < -0.3 is 26.2 Å². The quantitative estimate of drug-likeness (QED) is 0.204. The third kappa shape index (κ3) is 9.33. The van der Waals surface area contributed by atoms with Crippen molar-refractivity contribution in [1.82, 2.24) is 36.1 Å². The molecule has 1 aliphatic carbocycles. The van der Waals surface area contributed by atoms with Crippen molar-refractivity contribution in [2.75, 3.05) is 6.54 Å². The number of fused-ring (bicyclic) bond motifs is 1. The molecule has 1 saturated heterocycles. The van der Waals surface area contributed by atoms with E-state index in [4.69, 9.17) is 0 Å². The van der Waals surface area contributed by atoms with E-state index in [0.717, 1.165) is 5.56 Å². The van der Waals surface area contributed by atoms with E-state index in [2.05, 4.69) is 31.2 Å². The summed E-state index contributed by atoms with van der Waals surface area (Å²) < 4.78 is 15.2. The zero-order valence-corrected chi connectivity index (χ0v) is 30.1. The molecule has 2 heterocycles. The van der Waals surface area contributed by atoms with Crippen molar-refractivity contribution in [3.63, 3.8) is 0 Å². The molecule has 14 heteroatoms. The minimum absolute atomic E-state index is 0.0220. The van der Waals surface area contributed by atoms with Crippen molar-refractivity contribution in [1.29, 1.82) is 0 Å². The van der Waals surface area contributed by atoms with E-state index in [9.17, 15) is 28.8 Å². The van der Waals surface area contributed by atoms with Gasteiger partial charge in [0.25, 0.3) is 11.8 Å². The summed E-state index contributed by atoms with van der Waals surface area (Å²) in [5.74, 6) is -6.02. The third-order valence-corrected chi connectivity index (χ3v) is 9.83. The number of hydrogen-bond acceptors (Lipinski definition) is 8. The molecular formula is C37H50FN7O6. The van der Waals surface area contributed by atoms with E-state index in [1.165, 1.54) is 23.5 Å². The van der Waals surface area contributed by atoms with Crippen molar-refractivity contribution >= 4 is 35.3 Å². The molecule has 2 aromatic rings. The first-order valence-corrected chi connectivity index (χ1v) is 17.8. The highest BCUT2D eigenvalue weighted by Gasteiger charge is 2.55. The first-order valence-electron chi connectivity index (χ1n) is 17.8. The molecular weight excluding hydrogens is 657 g/mol. The lowest BCUT2D eigenvalue weighted by Gasteiger charge is -2.34. The Morgan fingerprint density at radius 2 is 1.55 bits per heavy atom. The lowest BCUT2D eigenvalue weighted by Crippen LogP contribution is -2.60. The van der Waals surface area contributed by atoms with Crippen molar-refractivity contribution in [3.8, 4) is 0 Å². The monoisotopic (exact) mass is 707 g/mol. The van der Waals surface area contributed by atoms with E-state index in [1.54, 1.807) is 34.6 Å². The number of likely N-dealkylation sites (tertiary alicyclic amines) is 1. The molecule has 5 amide bonds. The molecule has 0 spiro atoms. The lowest BCUT2D eigenvalue weighted by molar-refractivity contribution is -0.145. The SMILES string of the molecule is CCC[C@@H](NC(=O)[C@@H]1[C@H]2CC[C@H](F)[C@H]2CN1C(=O)[C@@H](NC(=O)[C@@H](NC(=O)c1cnccn1)C(C)C)C(C)C)C(=O)C(=O)N[C@@H](C)c1ccccc1. The fraction of sp³-hybridized carbons (Fsp3) is 0.568. The highest BCUT2D eigenvalue weighted by molar-refractivity contribution is 6.38. The Bertz CT molecular complexity index is 1560. The molecule has 2 fully saturated rings. The predicted molar refractivity (Wildman–Crippen MR) is 186 cm³/mol. The molecule has 1 aromatic carbocycles. The number of carbonyl (C=O) groups excluding carboxylic acids is 6. The average Bonchev–Trinajstić information content (AvgIpc) is 3.68. The van der Waals surface area contributed by atoms with Crippen molar-refractivity contribution in [2.24, 2.45) is 23.7 Å². The number of benzene rings is 1. The molecule has 276 valence electrons. The van der Waals surface area contributed by atoms with Crippen LogP contribution in [0.5, 0.6) is 0 Å². The molecule has 4 N–H and O–H groups in total. The number of Topliss-reactive ketones (excluding diaryl/α,β-unsaturated/α-hetero) is 1. The van der Waals surface area contributed by atoms with Crippen LogP contribution in [0.2, 0.25) is 0 Å². The van der Waals surface area contributed by atoms with Gasteiger partial charge in [0.15, 0.2) is 0 Å². The van der Waals surface area contributed by atoms with Crippen LogP contribution in [-0.4, -0.2) is 87.1 Å². The minimum Gasteiger partial charge on any atom is -0.344 e. The number of nitrogens with one attached hydrogen (secondary N) is 4. The molecule has 51 heavy (non-hydrogen) atoms. The van der Waals surface area contributed by atoms with Gasteiger partial charge in [-0.1, -0.05) is 71.4 Å². The van der Waals surface area contributed by atoms with Crippen LogP contribution in [0.15, 0.2) is 48.9 Å². The second-order valence-corrected chi connectivity index (χ2v) is 14.2. The Hall–Kier alpha value is -4.75. The summed E-state index contributed by atoms with van der Waals surface area (Å²) in [4.78, 5) is 90.5. The molecule has 8 atom stereocenters. The van der Waals surface area contributed by atoms with Crippen LogP contribution < -0.4 is 21.3 Å². The Balaban J connectivity index is 1.52. The Morgan fingerprint density at radius 3 is 2.16 bits per heavy atom. The molecule has 0 radical (unpaired) electrons. The summed E-state index contributed by atoms with van der Waals surface area (Å²) in [6, 6.07) is 4.27. The molecule has 0 bridgehead atoms. The van der Waals surface area contributed by atoms with Crippen LogP contribution in [0, 0.1) is 23.7 Å². The largest absolute Gasteiger partial charge is 0.344 e. The number of aromatic nitrogens is 2. The van der Waals surface area contributed by atoms with Crippen LogP contribution in [-0.2, 0) is 24.0 Å². The number of halogens is 1. The van der Waals surface area contributed by atoms with Crippen molar-refractivity contribution < 1.29 is 33.2 Å². The molecule has 1 saturated carbocycles. The first kappa shape index (κ1) is 39.0. The summed E-state index contributed by atoms with van der Waals surface area (Å²) in [6.45, 7) is 10.5. The number of amides is 5. The van der Waals surface area contributed by atoms with Crippen molar-refractivity contribution in [3.05, 3.63) is 60.2 Å². The molecule has 1 aliphatic heterocycles. The van der Waals surface area contributed by atoms with Gasteiger partial charge >= 0.3 is 0 Å². The average molecular weight is 708 g/mol. The Labute approximate surface area is 298 Å². The van der Waals surface area contributed by atoms with Crippen LogP contribution in [0.1, 0.15) is 89.3 Å². The summed E-state index contributed by atoms with van der Waals surface area (Å²) in [5, 5.41) is 10.9. The highest BCUT2D eigenvalue weighted by atomic mass is 19.1. The molecule has 13 nitrogen and oxygen atoms in total. The Morgan fingerprint density at radius 1 is 0.863 bits per heavy atom. The van der Waals surface area contributed by atoms with Gasteiger partial charge in [-0.15, -0.1) is 0 Å². The van der Waals surface area contributed by atoms with Crippen LogP contribution in [0.3, 0.4) is 0 Å². The second kappa shape index (κ2) is 17.5. The van der Waals surface area contributed by atoms with E-state index in [0.29, 0.717) is 12.8 Å². The number of nitrogens with zero attached hydrogens (tertiary/aromatic N) is 3. The topological polar surface area (TPSA) is 180 Å².